The van der Waals surface area contributed by atoms with Crippen LogP contribution in [-0.2, 0) is 19.5 Å². The first kappa shape index (κ1) is 12.6. The van der Waals surface area contributed by atoms with Gasteiger partial charge in [-0.15, -0.1) is 0 Å². The van der Waals surface area contributed by atoms with Crippen molar-refractivity contribution in [2.45, 2.75) is 0 Å². The fourth-order valence-corrected chi connectivity index (χ4v) is 1.73. The molecule has 4 nitrogen and oxygen atoms in total. The largest absolute Gasteiger partial charge is 0.706 e. The topological polar surface area (TPSA) is 60.7 Å². The third-order valence-corrected chi connectivity index (χ3v) is 2.54. The van der Waals surface area contributed by atoms with Gasteiger partial charge in [0.15, 0.2) is 5.58 Å². The van der Waals surface area contributed by atoms with Crippen molar-refractivity contribution in [2.24, 2.45) is 5.11 Å². The number of hydrogen-bond donors (Lipinski definition) is 0. The van der Waals surface area contributed by atoms with Crippen molar-refractivity contribution >= 4 is 16.8 Å². The zero-order valence-corrected chi connectivity index (χ0v) is 12.5. The SMILES string of the molecule is [N-]=Nc1ccccc1-c1nc2ccccc2o1.[Zn]. The van der Waals surface area contributed by atoms with Gasteiger partial charge >= 0.3 is 0 Å². The number of benzene rings is 2. The van der Waals surface area contributed by atoms with Crippen molar-refractivity contribution in [1.82, 2.24) is 4.98 Å². The van der Waals surface area contributed by atoms with E-state index in [0.29, 0.717) is 17.1 Å². The summed E-state index contributed by atoms with van der Waals surface area (Å²) in [7, 11) is 0. The molecule has 2 aromatic carbocycles. The van der Waals surface area contributed by atoms with E-state index >= 15 is 0 Å². The zero-order chi connectivity index (χ0) is 11.7. The molecule has 5 heteroatoms. The van der Waals surface area contributed by atoms with Gasteiger partial charge in [0.1, 0.15) is 5.52 Å². The Morgan fingerprint density at radius 2 is 1.72 bits per heavy atom. The number of aromatic nitrogens is 1. The Balaban J connectivity index is 0.00000120. The van der Waals surface area contributed by atoms with E-state index in [1.807, 2.05) is 30.3 Å². The van der Waals surface area contributed by atoms with Gasteiger partial charge in [0, 0.05) is 19.5 Å². The molecule has 0 aliphatic rings. The predicted molar refractivity (Wildman–Crippen MR) is 64.9 cm³/mol. The smallest absolute Gasteiger partial charge is 0.229 e. The van der Waals surface area contributed by atoms with Crippen molar-refractivity contribution in [1.29, 1.82) is 0 Å². The Bertz CT molecular complexity index is 660. The van der Waals surface area contributed by atoms with Gasteiger partial charge in [0.2, 0.25) is 5.89 Å². The van der Waals surface area contributed by atoms with E-state index in [1.165, 1.54) is 0 Å². The molecule has 3 rings (SSSR count). The summed E-state index contributed by atoms with van der Waals surface area (Å²) in [6.45, 7) is 0. The van der Waals surface area contributed by atoms with Crippen molar-refractivity contribution in [3.05, 3.63) is 54.1 Å². The molecule has 18 heavy (non-hydrogen) atoms. The molecule has 1 aromatic heterocycles. The summed E-state index contributed by atoms with van der Waals surface area (Å²) in [4.78, 5) is 4.35. The standard InChI is InChI=1S/C13H8N3O.Zn/c14-16-10-6-2-1-5-9(10)13-15-11-7-3-4-8-12(11)17-13;/h1-8H;/q-1;. The van der Waals surface area contributed by atoms with Crippen molar-refractivity contribution in [3.8, 4) is 11.5 Å². The predicted octanol–water partition coefficient (Wildman–Crippen LogP) is 4.15. The van der Waals surface area contributed by atoms with E-state index in [9.17, 15) is 0 Å². The molecule has 0 amide bonds. The molecule has 0 saturated heterocycles. The van der Waals surface area contributed by atoms with Gasteiger partial charge in [-0.25, -0.2) is 4.98 Å². The number of nitrogens with zero attached hydrogens (tertiary/aromatic N) is 3. The second kappa shape index (κ2) is 5.19. The van der Waals surface area contributed by atoms with Crippen LogP contribution in [0.2, 0.25) is 0 Å². The Labute approximate surface area is 116 Å². The van der Waals surface area contributed by atoms with Crippen molar-refractivity contribution in [3.63, 3.8) is 0 Å². The fourth-order valence-electron chi connectivity index (χ4n) is 1.73. The van der Waals surface area contributed by atoms with Gasteiger partial charge in [0.05, 0.1) is 11.3 Å². The summed E-state index contributed by atoms with van der Waals surface area (Å²) in [6, 6.07) is 14.7. The number of fused-ring (bicyclic) bond motifs is 1. The number of oxazole rings is 1. The molecule has 0 saturated carbocycles. The maximum absolute atomic E-state index is 8.91. The number of rotatable bonds is 2. The van der Waals surface area contributed by atoms with E-state index in [0.717, 1.165) is 11.1 Å². The molecule has 0 atom stereocenters. The number of para-hydroxylation sites is 2. The second-order valence-electron chi connectivity index (χ2n) is 3.60. The van der Waals surface area contributed by atoms with E-state index in [1.54, 1.807) is 18.2 Å². The average Bonchev–Trinajstić information content (AvgIpc) is 2.82. The maximum atomic E-state index is 8.91. The molecule has 0 N–H and O–H groups in total. The molecule has 0 unspecified atom stereocenters. The maximum Gasteiger partial charge on any atom is 0.229 e. The van der Waals surface area contributed by atoms with Crippen molar-refractivity contribution < 1.29 is 23.9 Å². The van der Waals surface area contributed by atoms with Gasteiger partial charge in [-0.3, -0.25) is 0 Å². The van der Waals surface area contributed by atoms with Crippen LogP contribution in [0.25, 0.3) is 28.1 Å². The molecule has 1 heterocycles. The first-order valence-corrected chi connectivity index (χ1v) is 5.18. The van der Waals surface area contributed by atoms with Gasteiger partial charge < -0.3 is 15.1 Å². The van der Waals surface area contributed by atoms with Crippen LogP contribution in [0.4, 0.5) is 5.69 Å². The van der Waals surface area contributed by atoms with Crippen LogP contribution < -0.4 is 0 Å². The van der Waals surface area contributed by atoms with Crippen LogP contribution in [-0.4, -0.2) is 4.98 Å². The molecule has 0 aliphatic carbocycles. The van der Waals surface area contributed by atoms with Crippen LogP contribution in [0.15, 0.2) is 58.1 Å². The van der Waals surface area contributed by atoms with Gasteiger partial charge in [-0.05, 0) is 24.3 Å². The summed E-state index contributed by atoms with van der Waals surface area (Å²) in [5, 5.41) is 3.22. The van der Waals surface area contributed by atoms with E-state index < -0.39 is 0 Å². The summed E-state index contributed by atoms with van der Waals surface area (Å²) < 4.78 is 5.61. The molecule has 0 fully saturated rings. The molecule has 84 valence electrons. The first-order valence-electron chi connectivity index (χ1n) is 5.18. The quantitative estimate of drug-likeness (QED) is 0.525. The molecule has 0 spiro atoms. The van der Waals surface area contributed by atoms with Crippen LogP contribution in [0.5, 0.6) is 0 Å². The molecular weight excluding hydrogens is 280 g/mol. The van der Waals surface area contributed by atoms with Crippen LogP contribution in [0, 0.1) is 0 Å². The Hall–Kier alpha value is -1.87. The minimum absolute atomic E-state index is 0. The molecule has 0 aliphatic heterocycles. The number of hydrogen-bond acceptors (Lipinski definition) is 3. The zero-order valence-electron chi connectivity index (χ0n) is 9.58. The third-order valence-electron chi connectivity index (χ3n) is 2.54. The molecular formula is C13H8N3OZn-. The molecule has 0 bridgehead atoms. The van der Waals surface area contributed by atoms with E-state index in [2.05, 4.69) is 10.1 Å². The second-order valence-corrected chi connectivity index (χ2v) is 3.60. The average molecular weight is 288 g/mol. The summed E-state index contributed by atoms with van der Waals surface area (Å²) >= 11 is 0. The monoisotopic (exact) mass is 286 g/mol. The van der Waals surface area contributed by atoms with Gasteiger partial charge in [-0.1, -0.05) is 24.3 Å². The molecule has 0 radical (unpaired) electrons. The van der Waals surface area contributed by atoms with Crippen LogP contribution >= 0.6 is 0 Å². The Morgan fingerprint density at radius 3 is 2.50 bits per heavy atom. The Morgan fingerprint density at radius 1 is 1.00 bits per heavy atom. The fraction of sp³-hybridized carbons (Fsp3) is 0. The third kappa shape index (κ3) is 2.09. The first-order chi connectivity index (χ1) is 8.38. The summed E-state index contributed by atoms with van der Waals surface area (Å²) in [5.41, 5.74) is 11.5. The minimum atomic E-state index is 0. The summed E-state index contributed by atoms with van der Waals surface area (Å²) in [6.07, 6.45) is 0. The van der Waals surface area contributed by atoms with Crippen molar-refractivity contribution in [2.75, 3.05) is 0 Å². The van der Waals surface area contributed by atoms with E-state index in [4.69, 9.17) is 9.95 Å². The minimum Gasteiger partial charge on any atom is -0.706 e. The van der Waals surface area contributed by atoms with Crippen LogP contribution in [0.1, 0.15) is 0 Å². The normalized spacial score (nSPS) is 10.0. The van der Waals surface area contributed by atoms with E-state index in [-0.39, 0.29) is 19.5 Å². The summed E-state index contributed by atoms with van der Waals surface area (Å²) in [5.74, 6) is 0.458. The van der Waals surface area contributed by atoms with Crippen LogP contribution in [0.3, 0.4) is 0 Å². The van der Waals surface area contributed by atoms with Gasteiger partial charge in [0.25, 0.3) is 0 Å². The Kier molecular flexibility index (Phi) is 3.63. The van der Waals surface area contributed by atoms with Gasteiger partial charge in [-0.2, -0.15) is 0 Å². The molecule has 3 aromatic rings.